The van der Waals surface area contributed by atoms with Crippen LogP contribution in [0.25, 0.3) is 0 Å². The predicted molar refractivity (Wildman–Crippen MR) is 64.9 cm³/mol. The van der Waals surface area contributed by atoms with Crippen molar-refractivity contribution >= 4 is 11.8 Å². The standard InChI is InChI=1S/C12H19NS/c1-9(2)11-4-6-12(7-5-11)14-8-10(3)13/h4-7,9-10H,8,13H2,1-3H3/t10-/m1/s1. The van der Waals surface area contributed by atoms with Crippen molar-refractivity contribution in [3.05, 3.63) is 29.8 Å². The molecule has 0 aliphatic carbocycles. The Hall–Kier alpha value is -0.470. The molecule has 0 aliphatic heterocycles. The van der Waals surface area contributed by atoms with Crippen LogP contribution in [0.2, 0.25) is 0 Å². The highest BCUT2D eigenvalue weighted by Gasteiger charge is 2.00. The van der Waals surface area contributed by atoms with E-state index < -0.39 is 0 Å². The van der Waals surface area contributed by atoms with E-state index in [1.54, 1.807) is 0 Å². The summed E-state index contributed by atoms with van der Waals surface area (Å²) in [6.45, 7) is 6.46. The largest absolute Gasteiger partial charge is 0.327 e. The van der Waals surface area contributed by atoms with Gasteiger partial charge in [-0.25, -0.2) is 0 Å². The molecule has 0 saturated carbocycles. The first-order valence-corrected chi connectivity index (χ1v) is 6.06. The molecule has 0 aromatic heterocycles. The lowest BCUT2D eigenvalue weighted by Crippen LogP contribution is -2.17. The Balaban J connectivity index is 2.55. The van der Waals surface area contributed by atoms with Gasteiger partial charge in [0.25, 0.3) is 0 Å². The summed E-state index contributed by atoms with van der Waals surface area (Å²) < 4.78 is 0. The van der Waals surface area contributed by atoms with E-state index in [2.05, 4.69) is 38.1 Å². The van der Waals surface area contributed by atoms with Gasteiger partial charge in [0.1, 0.15) is 0 Å². The summed E-state index contributed by atoms with van der Waals surface area (Å²) >= 11 is 1.82. The van der Waals surface area contributed by atoms with Crippen molar-refractivity contribution in [3.8, 4) is 0 Å². The summed E-state index contributed by atoms with van der Waals surface area (Å²) in [5.74, 6) is 1.60. The quantitative estimate of drug-likeness (QED) is 0.770. The summed E-state index contributed by atoms with van der Waals surface area (Å²) in [6.07, 6.45) is 0. The predicted octanol–water partition coefficient (Wildman–Crippen LogP) is 3.25. The molecule has 1 nitrogen and oxygen atoms in total. The summed E-state index contributed by atoms with van der Waals surface area (Å²) in [7, 11) is 0. The Morgan fingerprint density at radius 3 is 2.14 bits per heavy atom. The molecular formula is C12H19NS. The number of hydrogen-bond donors (Lipinski definition) is 1. The van der Waals surface area contributed by atoms with E-state index in [-0.39, 0.29) is 6.04 Å². The van der Waals surface area contributed by atoms with Crippen LogP contribution in [0.15, 0.2) is 29.2 Å². The van der Waals surface area contributed by atoms with Crippen LogP contribution in [0, 0.1) is 0 Å². The van der Waals surface area contributed by atoms with Gasteiger partial charge >= 0.3 is 0 Å². The van der Waals surface area contributed by atoms with Gasteiger partial charge in [0, 0.05) is 16.7 Å². The maximum atomic E-state index is 5.70. The second-order valence-corrected chi connectivity index (χ2v) is 5.11. The van der Waals surface area contributed by atoms with E-state index in [1.807, 2.05) is 18.7 Å². The third-order valence-electron chi connectivity index (χ3n) is 2.06. The number of benzene rings is 1. The molecule has 1 rings (SSSR count). The second-order valence-electron chi connectivity index (χ2n) is 4.01. The zero-order valence-electron chi connectivity index (χ0n) is 9.16. The van der Waals surface area contributed by atoms with Crippen LogP contribution < -0.4 is 5.73 Å². The van der Waals surface area contributed by atoms with E-state index in [4.69, 9.17) is 5.73 Å². The molecule has 0 amide bonds. The second kappa shape index (κ2) is 5.42. The van der Waals surface area contributed by atoms with Gasteiger partial charge in [-0.1, -0.05) is 26.0 Å². The molecule has 0 heterocycles. The van der Waals surface area contributed by atoms with Crippen LogP contribution in [-0.2, 0) is 0 Å². The first kappa shape index (κ1) is 11.6. The van der Waals surface area contributed by atoms with Gasteiger partial charge in [-0.2, -0.15) is 0 Å². The van der Waals surface area contributed by atoms with Crippen molar-refractivity contribution in [1.82, 2.24) is 0 Å². The molecule has 1 atom stereocenters. The minimum Gasteiger partial charge on any atom is -0.327 e. The van der Waals surface area contributed by atoms with Crippen LogP contribution in [0.1, 0.15) is 32.3 Å². The number of nitrogens with two attached hydrogens (primary N) is 1. The van der Waals surface area contributed by atoms with Gasteiger partial charge in [-0.3, -0.25) is 0 Å². The molecule has 78 valence electrons. The number of thioether (sulfide) groups is 1. The number of hydrogen-bond acceptors (Lipinski definition) is 2. The lowest BCUT2D eigenvalue weighted by atomic mass is 10.0. The van der Waals surface area contributed by atoms with Gasteiger partial charge < -0.3 is 5.73 Å². The van der Waals surface area contributed by atoms with Gasteiger partial charge in [0.05, 0.1) is 0 Å². The monoisotopic (exact) mass is 209 g/mol. The van der Waals surface area contributed by atoms with E-state index in [1.165, 1.54) is 10.5 Å². The fraction of sp³-hybridized carbons (Fsp3) is 0.500. The highest BCUT2D eigenvalue weighted by atomic mass is 32.2. The van der Waals surface area contributed by atoms with Gasteiger partial charge in [-0.15, -0.1) is 11.8 Å². The molecule has 0 unspecified atom stereocenters. The average molecular weight is 209 g/mol. The average Bonchev–Trinajstić information content (AvgIpc) is 2.15. The molecule has 0 aliphatic rings. The normalized spacial score (nSPS) is 13.2. The zero-order valence-corrected chi connectivity index (χ0v) is 9.97. The first-order valence-electron chi connectivity index (χ1n) is 5.08. The van der Waals surface area contributed by atoms with Crippen molar-refractivity contribution in [3.63, 3.8) is 0 Å². The number of rotatable bonds is 4. The highest BCUT2D eigenvalue weighted by molar-refractivity contribution is 7.99. The van der Waals surface area contributed by atoms with Crippen LogP contribution in [0.5, 0.6) is 0 Å². The molecule has 0 bridgehead atoms. The fourth-order valence-corrected chi connectivity index (χ4v) is 1.96. The highest BCUT2D eigenvalue weighted by Crippen LogP contribution is 2.21. The molecule has 2 heteroatoms. The Labute approximate surface area is 91.1 Å². The summed E-state index contributed by atoms with van der Waals surface area (Å²) in [6, 6.07) is 9.04. The molecule has 0 saturated heterocycles. The van der Waals surface area contributed by atoms with E-state index >= 15 is 0 Å². The maximum absolute atomic E-state index is 5.70. The molecule has 1 aromatic rings. The third-order valence-corrected chi connectivity index (χ3v) is 3.36. The SMILES string of the molecule is CC(C)c1ccc(SC[C@@H](C)N)cc1. The van der Waals surface area contributed by atoms with E-state index in [0.29, 0.717) is 5.92 Å². The molecule has 0 fully saturated rings. The van der Waals surface area contributed by atoms with Crippen molar-refractivity contribution in [2.24, 2.45) is 5.73 Å². The molecule has 2 N–H and O–H groups in total. The van der Waals surface area contributed by atoms with Crippen molar-refractivity contribution in [1.29, 1.82) is 0 Å². The summed E-state index contributed by atoms with van der Waals surface area (Å²) in [4.78, 5) is 1.31. The van der Waals surface area contributed by atoms with Crippen molar-refractivity contribution < 1.29 is 0 Å². The van der Waals surface area contributed by atoms with E-state index in [0.717, 1.165) is 5.75 Å². The van der Waals surface area contributed by atoms with Gasteiger partial charge in [0.2, 0.25) is 0 Å². The summed E-state index contributed by atoms with van der Waals surface area (Å²) in [5.41, 5.74) is 7.10. The fourth-order valence-electron chi connectivity index (χ4n) is 1.18. The minimum absolute atomic E-state index is 0.268. The Morgan fingerprint density at radius 2 is 1.71 bits per heavy atom. The topological polar surface area (TPSA) is 26.0 Å². The van der Waals surface area contributed by atoms with Gasteiger partial charge in [-0.05, 0) is 30.5 Å². The molecule has 14 heavy (non-hydrogen) atoms. The van der Waals surface area contributed by atoms with Crippen LogP contribution in [-0.4, -0.2) is 11.8 Å². The van der Waals surface area contributed by atoms with E-state index in [9.17, 15) is 0 Å². The minimum atomic E-state index is 0.268. The molecule has 0 radical (unpaired) electrons. The Kier molecular flexibility index (Phi) is 4.49. The summed E-state index contributed by atoms with van der Waals surface area (Å²) in [5, 5.41) is 0. The smallest absolute Gasteiger partial charge is 0.0129 e. The van der Waals surface area contributed by atoms with Crippen molar-refractivity contribution in [2.45, 2.75) is 37.6 Å². The maximum Gasteiger partial charge on any atom is 0.0129 e. The van der Waals surface area contributed by atoms with Crippen molar-refractivity contribution in [2.75, 3.05) is 5.75 Å². The van der Waals surface area contributed by atoms with Crippen LogP contribution >= 0.6 is 11.8 Å². The first-order chi connectivity index (χ1) is 6.59. The lowest BCUT2D eigenvalue weighted by Gasteiger charge is -2.07. The Morgan fingerprint density at radius 1 is 1.14 bits per heavy atom. The molecule has 1 aromatic carbocycles. The van der Waals surface area contributed by atoms with Crippen LogP contribution in [0.3, 0.4) is 0 Å². The molecular weight excluding hydrogens is 190 g/mol. The third kappa shape index (κ3) is 3.72. The molecule has 0 spiro atoms. The van der Waals surface area contributed by atoms with Crippen LogP contribution in [0.4, 0.5) is 0 Å². The Bertz CT molecular complexity index is 264. The lowest BCUT2D eigenvalue weighted by molar-refractivity contribution is 0.846. The van der Waals surface area contributed by atoms with Gasteiger partial charge in [0.15, 0.2) is 0 Å². The zero-order chi connectivity index (χ0) is 10.6.